The molecular weight excluding hydrogens is 300 g/mol. The Bertz CT molecular complexity index is 352. The van der Waals surface area contributed by atoms with Crippen LogP contribution in [0.5, 0.6) is 0 Å². The number of nitrogens with one attached hydrogen (secondary N) is 1. The van der Waals surface area contributed by atoms with Gasteiger partial charge in [0.2, 0.25) is 0 Å². The van der Waals surface area contributed by atoms with Gasteiger partial charge in [-0.05, 0) is 59.9 Å². The predicted molar refractivity (Wildman–Crippen MR) is 101 cm³/mol. The smallest absolute Gasteiger partial charge is 0.410 e. The average molecular weight is 341 g/mol. The highest BCUT2D eigenvalue weighted by molar-refractivity contribution is 5.68. The molecule has 0 aromatic heterocycles. The first-order valence-corrected chi connectivity index (χ1v) is 10.1. The molecule has 1 fully saturated rings. The van der Waals surface area contributed by atoms with Gasteiger partial charge in [-0.3, -0.25) is 0 Å². The van der Waals surface area contributed by atoms with Crippen molar-refractivity contribution in [2.24, 2.45) is 0 Å². The molecule has 142 valence electrons. The zero-order valence-electron chi connectivity index (χ0n) is 16.7. The second kappa shape index (κ2) is 11.0. The molecule has 1 saturated heterocycles. The van der Waals surface area contributed by atoms with Gasteiger partial charge in [-0.1, -0.05) is 39.0 Å². The van der Waals surface area contributed by atoms with Crippen LogP contribution in [0, 0.1) is 0 Å². The minimum Gasteiger partial charge on any atom is -0.444 e. The lowest BCUT2D eigenvalue weighted by molar-refractivity contribution is 0.0220. The maximum atomic E-state index is 12.3. The van der Waals surface area contributed by atoms with E-state index < -0.39 is 5.60 Å². The van der Waals surface area contributed by atoms with Gasteiger partial charge in [-0.2, -0.15) is 0 Å². The van der Waals surface area contributed by atoms with Crippen LogP contribution in [0.3, 0.4) is 0 Å². The molecule has 0 bridgehead atoms. The fourth-order valence-electron chi connectivity index (χ4n) is 3.35. The third-order valence-corrected chi connectivity index (χ3v) is 4.72. The van der Waals surface area contributed by atoms with Gasteiger partial charge in [-0.25, -0.2) is 4.79 Å². The summed E-state index contributed by atoms with van der Waals surface area (Å²) in [5.74, 6) is 0. The summed E-state index contributed by atoms with van der Waals surface area (Å²) in [6.45, 7) is 12.2. The Morgan fingerprint density at radius 3 is 2.62 bits per heavy atom. The number of carbonyl (C=O) groups excluding carboxylic acids is 1. The molecule has 2 atom stereocenters. The van der Waals surface area contributed by atoms with Gasteiger partial charge in [0.15, 0.2) is 0 Å². The van der Waals surface area contributed by atoms with Crippen molar-refractivity contribution in [3.05, 3.63) is 0 Å². The van der Waals surface area contributed by atoms with Crippen molar-refractivity contribution < 1.29 is 9.53 Å². The monoisotopic (exact) mass is 340 g/mol. The van der Waals surface area contributed by atoms with Gasteiger partial charge in [0.1, 0.15) is 5.60 Å². The van der Waals surface area contributed by atoms with Crippen LogP contribution >= 0.6 is 0 Å². The quantitative estimate of drug-likeness (QED) is 0.562. The molecule has 0 spiro atoms. The summed E-state index contributed by atoms with van der Waals surface area (Å²) in [6, 6.07) is 0.909. The molecule has 4 nitrogen and oxygen atoms in total. The van der Waals surface area contributed by atoms with Crippen molar-refractivity contribution in [3.63, 3.8) is 0 Å². The van der Waals surface area contributed by atoms with E-state index in [4.69, 9.17) is 4.74 Å². The number of hydrogen-bond donors (Lipinski definition) is 1. The van der Waals surface area contributed by atoms with Crippen LogP contribution in [-0.4, -0.2) is 41.8 Å². The molecule has 1 aliphatic rings. The zero-order valence-corrected chi connectivity index (χ0v) is 16.7. The van der Waals surface area contributed by atoms with E-state index in [1.54, 1.807) is 0 Å². The molecule has 2 unspecified atom stereocenters. The molecule has 0 aromatic rings. The molecule has 1 heterocycles. The molecule has 0 radical (unpaired) electrons. The number of nitrogens with zero attached hydrogens (tertiary/aromatic N) is 1. The Kier molecular flexibility index (Phi) is 9.72. The van der Waals surface area contributed by atoms with Gasteiger partial charge in [0, 0.05) is 18.6 Å². The number of carbonyl (C=O) groups is 1. The molecule has 0 aromatic carbocycles. The van der Waals surface area contributed by atoms with Crippen LogP contribution in [0.4, 0.5) is 4.79 Å². The highest BCUT2D eigenvalue weighted by Crippen LogP contribution is 2.22. The van der Waals surface area contributed by atoms with E-state index in [0.717, 1.165) is 32.4 Å². The minimum absolute atomic E-state index is 0.144. The first kappa shape index (κ1) is 21.3. The van der Waals surface area contributed by atoms with Crippen LogP contribution in [0.1, 0.15) is 92.4 Å². The molecular formula is C20H40N2O2. The van der Waals surface area contributed by atoms with Crippen molar-refractivity contribution in [2.45, 2.75) is 110 Å². The maximum absolute atomic E-state index is 12.3. The number of ether oxygens (including phenoxy) is 1. The fraction of sp³-hybridized carbons (Fsp3) is 0.950. The van der Waals surface area contributed by atoms with E-state index in [2.05, 4.69) is 19.2 Å². The highest BCUT2D eigenvalue weighted by Gasteiger charge is 2.31. The third-order valence-electron chi connectivity index (χ3n) is 4.72. The van der Waals surface area contributed by atoms with Crippen LogP contribution < -0.4 is 5.32 Å². The van der Waals surface area contributed by atoms with Gasteiger partial charge >= 0.3 is 6.09 Å². The first-order valence-electron chi connectivity index (χ1n) is 10.1. The Morgan fingerprint density at radius 1 is 1.25 bits per heavy atom. The number of amides is 1. The molecule has 1 N–H and O–H groups in total. The van der Waals surface area contributed by atoms with E-state index in [-0.39, 0.29) is 6.09 Å². The topological polar surface area (TPSA) is 41.6 Å². The number of rotatable bonds is 10. The Labute approximate surface area is 149 Å². The van der Waals surface area contributed by atoms with Crippen molar-refractivity contribution in [2.75, 3.05) is 13.1 Å². The summed E-state index contributed by atoms with van der Waals surface area (Å²) in [5.41, 5.74) is -0.408. The largest absolute Gasteiger partial charge is 0.444 e. The van der Waals surface area contributed by atoms with Gasteiger partial charge < -0.3 is 15.0 Å². The van der Waals surface area contributed by atoms with Crippen molar-refractivity contribution >= 4 is 6.09 Å². The van der Waals surface area contributed by atoms with Crippen LogP contribution in [0.15, 0.2) is 0 Å². The molecule has 1 aliphatic heterocycles. The van der Waals surface area contributed by atoms with Crippen molar-refractivity contribution in [1.82, 2.24) is 10.2 Å². The average Bonchev–Trinajstić information content (AvgIpc) is 2.94. The summed E-state index contributed by atoms with van der Waals surface area (Å²) < 4.78 is 5.53. The number of likely N-dealkylation sites (tertiary alicyclic amines) is 1. The lowest BCUT2D eigenvalue weighted by Crippen LogP contribution is -2.41. The Morgan fingerprint density at radius 2 is 1.96 bits per heavy atom. The fourth-order valence-corrected chi connectivity index (χ4v) is 3.35. The number of unbranched alkanes of at least 4 members (excludes halogenated alkanes) is 4. The predicted octanol–water partition coefficient (Wildman–Crippen LogP) is 5.11. The standard InChI is InChI=1S/C20H40N2O2/c1-6-7-8-9-10-12-17(2)21-15-14-18-13-11-16-22(18)19(23)24-20(3,4)5/h17-18,21H,6-16H2,1-5H3. The second-order valence-electron chi connectivity index (χ2n) is 8.32. The summed E-state index contributed by atoms with van der Waals surface area (Å²) in [7, 11) is 0. The molecule has 1 rings (SSSR count). The number of hydrogen-bond acceptors (Lipinski definition) is 3. The lowest BCUT2D eigenvalue weighted by atomic mass is 10.1. The van der Waals surface area contributed by atoms with E-state index in [1.165, 1.54) is 38.5 Å². The molecule has 0 aliphatic carbocycles. The van der Waals surface area contributed by atoms with Gasteiger partial charge in [-0.15, -0.1) is 0 Å². The summed E-state index contributed by atoms with van der Waals surface area (Å²) in [4.78, 5) is 14.2. The van der Waals surface area contributed by atoms with E-state index in [0.29, 0.717) is 12.1 Å². The van der Waals surface area contributed by atoms with Gasteiger partial charge in [0.05, 0.1) is 0 Å². The van der Waals surface area contributed by atoms with E-state index >= 15 is 0 Å². The van der Waals surface area contributed by atoms with Crippen LogP contribution in [0.2, 0.25) is 0 Å². The minimum atomic E-state index is -0.408. The lowest BCUT2D eigenvalue weighted by Gasteiger charge is -2.29. The zero-order chi connectivity index (χ0) is 18.0. The van der Waals surface area contributed by atoms with Gasteiger partial charge in [0.25, 0.3) is 0 Å². The maximum Gasteiger partial charge on any atom is 0.410 e. The van der Waals surface area contributed by atoms with E-state index in [1.807, 2.05) is 25.7 Å². The van der Waals surface area contributed by atoms with Crippen LogP contribution in [-0.2, 0) is 4.74 Å². The van der Waals surface area contributed by atoms with Crippen molar-refractivity contribution in [3.8, 4) is 0 Å². The van der Waals surface area contributed by atoms with E-state index in [9.17, 15) is 4.79 Å². The van der Waals surface area contributed by atoms with Crippen LogP contribution in [0.25, 0.3) is 0 Å². The summed E-state index contributed by atoms with van der Waals surface area (Å²) in [6.07, 6.45) is 11.1. The normalized spacial score (nSPS) is 19.5. The molecule has 1 amide bonds. The summed E-state index contributed by atoms with van der Waals surface area (Å²) in [5, 5.41) is 3.63. The SMILES string of the molecule is CCCCCCCC(C)NCCC1CCCN1C(=O)OC(C)(C)C. The first-order chi connectivity index (χ1) is 11.3. The Balaban J connectivity index is 2.20. The molecule has 24 heavy (non-hydrogen) atoms. The summed E-state index contributed by atoms with van der Waals surface area (Å²) >= 11 is 0. The molecule has 0 saturated carbocycles. The second-order valence-corrected chi connectivity index (χ2v) is 8.32. The van der Waals surface area contributed by atoms with Crippen molar-refractivity contribution in [1.29, 1.82) is 0 Å². The Hall–Kier alpha value is -0.770. The highest BCUT2D eigenvalue weighted by atomic mass is 16.6. The third kappa shape index (κ3) is 8.91. The molecule has 4 heteroatoms.